The molecule has 7 heteroatoms. The number of alkyl halides is 2. The van der Waals surface area contributed by atoms with Crippen molar-refractivity contribution in [3.63, 3.8) is 0 Å². The lowest BCUT2D eigenvalue weighted by Gasteiger charge is -2.35. The number of fused-ring (bicyclic) bond motifs is 1. The van der Waals surface area contributed by atoms with E-state index < -0.39 is 6.61 Å². The maximum atomic E-state index is 13.0. The maximum Gasteiger partial charge on any atom is 0.387 e. The van der Waals surface area contributed by atoms with Crippen molar-refractivity contribution in [2.24, 2.45) is 0 Å². The minimum atomic E-state index is -2.87. The summed E-state index contributed by atoms with van der Waals surface area (Å²) in [5.74, 6) is 1.02. The molecular formula is C25H28F2N2O3. The van der Waals surface area contributed by atoms with Crippen LogP contribution in [0, 0.1) is 0 Å². The Kier molecular flexibility index (Phi) is 7.52. The summed E-state index contributed by atoms with van der Waals surface area (Å²) in [6.45, 7) is 1.28. The second-order valence-corrected chi connectivity index (χ2v) is 7.71. The zero-order chi connectivity index (χ0) is 22.3. The normalized spacial score (nSPS) is 15.8. The predicted molar refractivity (Wildman–Crippen MR) is 120 cm³/mol. The molecule has 1 aliphatic rings. The van der Waals surface area contributed by atoms with Crippen LogP contribution in [0.2, 0.25) is 0 Å². The third-order valence-corrected chi connectivity index (χ3v) is 5.84. The fourth-order valence-corrected chi connectivity index (χ4v) is 4.21. The topological polar surface area (TPSA) is 43.0 Å². The van der Waals surface area contributed by atoms with Crippen molar-refractivity contribution in [1.29, 1.82) is 0 Å². The highest BCUT2D eigenvalue weighted by Gasteiger charge is 2.23. The Bertz CT molecular complexity index is 1010. The molecule has 5 nitrogen and oxygen atoms in total. The Morgan fingerprint density at radius 2 is 1.75 bits per heavy atom. The van der Waals surface area contributed by atoms with Gasteiger partial charge >= 0.3 is 6.61 Å². The summed E-state index contributed by atoms with van der Waals surface area (Å²) in [5.41, 5.74) is 1.90. The first-order valence-electron chi connectivity index (χ1n) is 10.8. The van der Waals surface area contributed by atoms with Gasteiger partial charge in [-0.15, -0.1) is 0 Å². The number of hydrogen-bond donors (Lipinski definition) is 1. The van der Waals surface area contributed by atoms with E-state index in [-0.39, 0.29) is 11.8 Å². The number of methoxy groups -OCH3 is 1. The van der Waals surface area contributed by atoms with E-state index in [1.165, 1.54) is 5.56 Å². The Balaban J connectivity index is 1.55. The SMILES string of the molecule is COc1ccc([C@@H](CNCc2c(OC(F)F)ccc3ccccc23)N2CCOCC2)cc1. The summed E-state index contributed by atoms with van der Waals surface area (Å²) in [6.07, 6.45) is 0. The summed E-state index contributed by atoms with van der Waals surface area (Å²) in [7, 11) is 1.65. The number of nitrogens with zero attached hydrogens (tertiary/aromatic N) is 1. The highest BCUT2D eigenvalue weighted by molar-refractivity contribution is 5.87. The van der Waals surface area contributed by atoms with Gasteiger partial charge in [-0.1, -0.05) is 42.5 Å². The first-order chi connectivity index (χ1) is 15.7. The van der Waals surface area contributed by atoms with Crippen LogP contribution in [0.5, 0.6) is 11.5 Å². The van der Waals surface area contributed by atoms with Crippen LogP contribution in [-0.2, 0) is 11.3 Å². The van der Waals surface area contributed by atoms with E-state index in [0.29, 0.717) is 26.3 Å². The second kappa shape index (κ2) is 10.7. The molecule has 0 radical (unpaired) electrons. The van der Waals surface area contributed by atoms with Gasteiger partial charge in [0.1, 0.15) is 11.5 Å². The molecule has 0 saturated carbocycles. The van der Waals surface area contributed by atoms with Gasteiger partial charge in [0.05, 0.1) is 20.3 Å². The minimum absolute atomic E-state index is 0.124. The Hall–Kier alpha value is -2.74. The molecule has 0 aliphatic carbocycles. The lowest BCUT2D eigenvalue weighted by Crippen LogP contribution is -2.42. The van der Waals surface area contributed by atoms with Crippen LogP contribution < -0.4 is 14.8 Å². The molecule has 1 N–H and O–H groups in total. The highest BCUT2D eigenvalue weighted by Crippen LogP contribution is 2.30. The molecule has 3 aromatic rings. The Morgan fingerprint density at radius 1 is 1.00 bits per heavy atom. The molecular weight excluding hydrogens is 414 g/mol. The molecule has 0 spiro atoms. The van der Waals surface area contributed by atoms with E-state index in [1.807, 2.05) is 42.5 Å². The molecule has 1 aliphatic heterocycles. The van der Waals surface area contributed by atoms with Crippen LogP contribution in [0.3, 0.4) is 0 Å². The lowest BCUT2D eigenvalue weighted by molar-refractivity contribution is -0.0504. The van der Waals surface area contributed by atoms with Crippen molar-refractivity contribution < 1.29 is 23.0 Å². The third kappa shape index (κ3) is 5.35. The highest BCUT2D eigenvalue weighted by atomic mass is 19.3. The summed E-state index contributed by atoms with van der Waals surface area (Å²) in [6, 6.07) is 19.4. The van der Waals surface area contributed by atoms with Crippen molar-refractivity contribution in [2.75, 3.05) is 40.0 Å². The average molecular weight is 443 g/mol. The van der Waals surface area contributed by atoms with Crippen molar-refractivity contribution in [1.82, 2.24) is 10.2 Å². The molecule has 3 aromatic carbocycles. The van der Waals surface area contributed by atoms with Crippen LogP contribution in [0.15, 0.2) is 60.7 Å². The van der Waals surface area contributed by atoms with Gasteiger partial charge in [-0.05, 0) is 34.5 Å². The molecule has 32 heavy (non-hydrogen) atoms. The van der Waals surface area contributed by atoms with Gasteiger partial charge in [-0.2, -0.15) is 8.78 Å². The molecule has 0 aromatic heterocycles. The smallest absolute Gasteiger partial charge is 0.387 e. The zero-order valence-corrected chi connectivity index (χ0v) is 18.1. The third-order valence-electron chi connectivity index (χ3n) is 5.84. The zero-order valence-electron chi connectivity index (χ0n) is 18.1. The fraction of sp³-hybridized carbons (Fsp3) is 0.360. The summed E-state index contributed by atoms with van der Waals surface area (Å²) in [5, 5.41) is 5.39. The summed E-state index contributed by atoms with van der Waals surface area (Å²) in [4.78, 5) is 2.39. The molecule has 1 saturated heterocycles. The van der Waals surface area contributed by atoms with E-state index >= 15 is 0 Å². The van der Waals surface area contributed by atoms with Crippen molar-refractivity contribution in [3.05, 3.63) is 71.8 Å². The Labute approximate surface area is 186 Å². The van der Waals surface area contributed by atoms with Crippen molar-refractivity contribution in [2.45, 2.75) is 19.2 Å². The summed E-state index contributed by atoms with van der Waals surface area (Å²) >= 11 is 0. The molecule has 0 unspecified atom stereocenters. The van der Waals surface area contributed by atoms with Gasteiger partial charge in [-0.25, -0.2) is 0 Å². The molecule has 1 fully saturated rings. The summed E-state index contributed by atoms with van der Waals surface area (Å²) < 4.78 is 41.7. The number of halogens is 2. The van der Waals surface area contributed by atoms with Crippen molar-refractivity contribution in [3.8, 4) is 11.5 Å². The van der Waals surface area contributed by atoms with E-state index in [0.717, 1.165) is 35.2 Å². The maximum absolute atomic E-state index is 13.0. The van der Waals surface area contributed by atoms with E-state index in [4.69, 9.17) is 14.2 Å². The number of ether oxygens (including phenoxy) is 3. The molecule has 4 rings (SSSR count). The van der Waals surface area contributed by atoms with E-state index in [2.05, 4.69) is 22.3 Å². The van der Waals surface area contributed by atoms with E-state index in [9.17, 15) is 8.78 Å². The van der Waals surface area contributed by atoms with Crippen LogP contribution in [0.1, 0.15) is 17.2 Å². The number of rotatable bonds is 9. The molecule has 0 amide bonds. The van der Waals surface area contributed by atoms with Gasteiger partial charge in [0.2, 0.25) is 0 Å². The minimum Gasteiger partial charge on any atom is -0.497 e. The van der Waals surface area contributed by atoms with Gasteiger partial charge < -0.3 is 19.5 Å². The molecule has 1 heterocycles. The molecule has 0 bridgehead atoms. The monoisotopic (exact) mass is 442 g/mol. The second-order valence-electron chi connectivity index (χ2n) is 7.71. The van der Waals surface area contributed by atoms with Crippen LogP contribution in [0.4, 0.5) is 8.78 Å². The van der Waals surface area contributed by atoms with Gasteiger partial charge in [0.15, 0.2) is 0 Å². The van der Waals surface area contributed by atoms with Gasteiger partial charge in [0, 0.05) is 37.8 Å². The number of benzene rings is 3. The van der Waals surface area contributed by atoms with Crippen LogP contribution in [0.25, 0.3) is 10.8 Å². The van der Waals surface area contributed by atoms with E-state index in [1.54, 1.807) is 13.2 Å². The van der Waals surface area contributed by atoms with Crippen LogP contribution >= 0.6 is 0 Å². The lowest BCUT2D eigenvalue weighted by atomic mass is 10.0. The van der Waals surface area contributed by atoms with Gasteiger partial charge in [-0.3, -0.25) is 4.90 Å². The number of hydrogen-bond acceptors (Lipinski definition) is 5. The van der Waals surface area contributed by atoms with Crippen LogP contribution in [-0.4, -0.2) is 51.5 Å². The quantitative estimate of drug-likeness (QED) is 0.524. The van der Waals surface area contributed by atoms with Crippen molar-refractivity contribution >= 4 is 10.8 Å². The first kappa shape index (κ1) is 22.5. The standard InChI is InChI=1S/C25H28F2N2O3/c1-30-20-9-6-19(7-10-20)23(29-12-14-31-15-13-29)17-28-16-22-21-5-3-2-4-18(21)8-11-24(22)32-25(26)27/h2-11,23,25,28H,12-17H2,1H3/t23-/m1/s1. The fourth-order valence-electron chi connectivity index (χ4n) is 4.21. The average Bonchev–Trinajstić information content (AvgIpc) is 2.83. The number of morpholine rings is 1. The molecule has 1 atom stereocenters. The van der Waals surface area contributed by atoms with Gasteiger partial charge in [0.25, 0.3) is 0 Å². The Morgan fingerprint density at radius 3 is 2.47 bits per heavy atom. The first-order valence-corrected chi connectivity index (χ1v) is 10.8. The molecule has 170 valence electrons. The largest absolute Gasteiger partial charge is 0.497 e. The number of nitrogens with one attached hydrogen (secondary N) is 1. The predicted octanol–water partition coefficient (Wildman–Crippen LogP) is 4.61.